The van der Waals surface area contributed by atoms with E-state index in [1.807, 2.05) is 11.8 Å². The van der Waals surface area contributed by atoms with Crippen molar-refractivity contribution in [2.45, 2.75) is 13.8 Å². The third kappa shape index (κ3) is 5.20. The van der Waals surface area contributed by atoms with Crippen molar-refractivity contribution < 1.29 is 28.2 Å². The van der Waals surface area contributed by atoms with Gasteiger partial charge >= 0.3 is 5.97 Å². The van der Waals surface area contributed by atoms with Crippen LogP contribution in [-0.4, -0.2) is 62.5 Å². The van der Waals surface area contributed by atoms with E-state index in [0.29, 0.717) is 48.7 Å². The van der Waals surface area contributed by atoms with Gasteiger partial charge in [-0.15, -0.1) is 0 Å². The van der Waals surface area contributed by atoms with Gasteiger partial charge in [0.25, 0.3) is 5.91 Å². The minimum absolute atomic E-state index is 0.195. The maximum Gasteiger partial charge on any atom is 0.338 e. The largest absolute Gasteiger partial charge is 0.496 e. The van der Waals surface area contributed by atoms with E-state index in [1.54, 1.807) is 35.2 Å². The molecule has 1 aliphatic heterocycles. The molecule has 0 aromatic heterocycles. The lowest BCUT2D eigenvalue weighted by Gasteiger charge is -2.36. The number of anilines is 1. The summed E-state index contributed by atoms with van der Waals surface area (Å²) in [4.78, 5) is 39.5. The lowest BCUT2D eigenvalue weighted by Crippen LogP contribution is -2.50. The van der Waals surface area contributed by atoms with E-state index in [2.05, 4.69) is 0 Å². The van der Waals surface area contributed by atoms with Crippen LogP contribution >= 0.6 is 0 Å². The SMILES string of the molecule is COc1cc(C(=O)OCC(=O)N2CCN(c3ccc(C(C)=O)cc3F)CC2)ccc1C. The summed E-state index contributed by atoms with van der Waals surface area (Å²) in [5.74, 6) is -0.993. The number of carbonyl (C=O) groups is 3. The molecule has 0 atom stereocenters. The average molecular weight is 428 g/mol. The molecule has 164 valence electrons. The molecule has 31 heavy (non-hydrogen) atoms. The zero-order valence-electron chi connectivity index (χ0n) is 17.8. The number of Topliss-reactive ketones (excluding diaryl/α,β-unsaturated/α-hetero) is 1. The highest BCUT2D eigenvalue weighted by Crippen LogP contribution is 2.23. The molecule has 7 nitrogen and oxygen atoms in total. The molecule has 0 bridgehead atoms. The summed E-state index contributed by atoms with van der Waals surface area (Å²) in [6.07, 6.45) is 0. The summed E-state index contributed by atoms with van der Waals surface area (Å²) >= 11 is 0. The zero-order chi connectivity index (χ0) is 22.5. The van der Waals surface area contributed by atoms with Crippen LogP contribution in [0, 0.1) is 12.7 Å². The van der Waals surface area contributed by atoms with Crippen LogP contribution in [0.3, 0.4) is 0 Å². The number of esters is 1. The number of methoxy groups -OCH3 is 1. The van der Waals surface area contributed by atoms with Crippen molar-refractivity contribution in [3.05, 3.63) is 58.9 Å². The Kier molecular flexibility index (Phi) is 6.89. The van der Waals surface area contributed by atoms with Gasteiger partial charge in [-0.1, -0.05) is 6.07 Å². The molecule has 0 spiro atoms. The summed E-state index contributed by atoms with van der Waals surface area (Å²) in [5.41, 5.74) is 1.92. The quantitative estimate of drug-likeness (QED) is 0.520. The minimum Gasteiger partial charge on any atom is -0.496 e. The monoisotopic (exact) mass is 428 g/mol. The molecule has 1 amide bonds. The van der Waals surface area contributed by atoms with Gasteiger partial charge in [-0.05, 0) is 49.7 Å². The molecule has 0 radical (unpaired) electrons. The van der Waals surface area contributed by atoms with E-state index >= 15 is 0 Å². The molecule has 1 aliphatic rings. The van der Waals surface area contributed by atoms with E-state index in [1.165, 1.54) is 20.1 Å². The molecule has 2 aromatic rings. The highest BCUT2D eigenvalue weighted by molar-refractivity contribution is 5.94. The second-order valence-corrected chi connectivity index (χ2v) is 7.35. The minimum atomic E-state index is -0.599. The van der Waals surface area contributed by atoms with Crippen LogP contribution in [0.25, 0.3) is 0 Å². The third-order valence-corrected chi connectivity index (χ3v) is 5.30. The first-order chi connectivity index (χ1) is 14.8. The second kappa shape index (κ2) is 9.59. The molecule has 1 saturated heterocycles. The van der Waals surface area contributed by atoms with Crippen LogP contribution in [0.1, 0.15) is 33.2 Å². The Bertz CT molecular complexity index is 999. The van der Waals surface area contributed by atoms with E-state index in [4.69, 9.17) is 9.47 Å². The maximum atomic E-state index is 14.4. The third-order valence-electron chi connectivity index (χ3n) is 5.30. The maximum absolute atomic E-state index is 14.4. The fraction of sp³-hybridized carbons (Fsp3) is 0.348. The molecule has 0 aliphatic carbocycles. The predicted molar refractivity (Wildman–Crippen MR) is 113 cm³/mol. The van der Waals surface area contributed by atoms with Gasteiger partial charge in [-0.3, -0.25) is 9.59 Å². The van der Waals surface area contributed by atoms with Crippen molar-refractivity contribution in [2.75, 3.05) is 44.8 Å². The number of hydrogen-bond acceptors (Lipinski definition) is 6. The number of amides is 1. The molecule has 3 rings (SSSR count). The number of piperazine rings is 1. The first-order valence-corrected chi connectivity index (χ1v) is 9.95. The van der Waals surface area contributed by atoms with Gasteiger partial charge in [0, 0.05) is 31.7 Å². The van der Waals surface area contributed by atoms with Gasteiger partial charge in [0.1, 0.15) is 11.6 Å². The van der Waals surface area contributed by atoms with Crippen molar-refractivity contribution in [2.24, 2.45) is 0 Å². The van der Waals surface area contributed by atoms with Crippen LogP contribution in [0.5, 0.6) is 5.75 Å². The molecule has 1 heterocycles. The summed E-state index contributed by atoms with van der Waals surface area (Å²) < 4.78 is 24.7. The van der Waals surface area contributed by atoms with Crippen molar-refractivity contribution >= 4 is 23.3 Å². The molecular weight excluding hydrogens is 403 g/mol. The highest BCUT2D eigenvalue weighted by Gasteiger charge is 2.24. The second-order valence-electron chi connectivity index (χ2n) is 7.35. The van der Waals surface area contributed by atoms with Crippen LogP contribution in [0.15, 0.2) is 36.4 Å². The highest BCUT2D eigenvalue weighted by atomic mass is 19.1. The predicted octanol–water partition coefficient (Wildman–Crippen LogP) is 2.85. The van der Waals surface area contributed by atoms with Gasteiger partial charge in [0.15, 0.2) is 12.4 Å². The summed E-state index contributed by atoms with van der Waals surface area (Å²) in [5, 5.41) is 0. The number of hydrogen-bond donors (Lipinski definition) is 0. The molecule has 2 aromatic carbocycles. The van der Waals surface area contributed by atoms with E-state index in [9.17, 15) is 18.8 Å². The normalized spacial score (nSPS) is 13.7. The molecule has 0 N–H and O–H groups in total. The summed E-state index contributed by atoms with van der Waals surface area (Å²) in [6.45, 7) is 4.51. The number of rotatable bonds is 6. The lowest BCUT2D eigenvalue weighted by molar-refractivity contribution is -0.134. The smallest absolute Gasteiger partial charge is 0.338 e. The van der Waals surface area contributed by atoms with Gasteiger partial charge < -0.3 is 19.3 Å². The Balaban J connectivity index is 1.52. The summed E-state index contributed by atoms with van der Waals surface area (Å²) in [7, 11) is 1.52. The molecule has 8 heteroatoms. The number of benzene rings is 2. The number of aryl methyl sites for hydroxylation is 1. The van der Waals surface area contributed by atoms with E-state index in [-0.39, 0.29) is 18.3 Å². The molecule has 0 unspecified atom stereocenters. The molecule has 1 fully saturated rings. The van der Waals surface area contributed by atoms with Crippen LogP contribution < -0.4 is 9.64 Å². The number of ketones is 1. The molecule has 0 saturated carbocycles. The first kappa shape index (κ1) is 22.3. The van der Waals surface area contributed by atoms with Gasteiger partial charge in [-0.2, -0.15) is 0 Å². The van der Waals surface area contributed by atoms with Gasteiger partial charge in [0.2, 0.25) is 0 Å². The zero-order valence-corrected chi connectivity index (χ0v) is 17.8. The number of halogens is 1. The van der Waals surface area contributed by atoms with Gasteiger partial charge in [0.05, 0.1) is 18.4 Å². The Hall–Kier alpha value is -3.42. The van der Waals surface area contributed by atoms with E-state index in [0.717, 1.165) is 5.56 Å². The van der Waals surface area contributed by atoms with Crippen molar-refractivity contribution in [3.63, 3.8) is 0 Å². The van der Waals surface area contributed by atoms with E-state index < -0.39 is 11.8 Å². The number of ether oxygens (including phenoxy) is 2. The molecular formula is C23H25FN2O5. The Morgan fingerprint density at radius 2 is 1.68 bits per heavy atom. The summed E-state index contributed by atoms with van der Waals surface area (Å²) in [6, 6.07) is 9.36. The van der Waals surface area contributed by atoms with Crippen LogP contribution in [0.2, 0.25) is 0 Å². The topological polar surface area (TPSA) is 76.2 Å². The Morgan fingerprint density at radius 3 is 2.29 bits per heavy atom. The van der Waals surface area contributed by atoms with Crippen molar-refractivity contribution in [3.8, 4) is 5.75 Å². The first-order valence-electron chi connectivity index (χ1n) is 9.95. The fourth-order valence-corrected chi connectivity index (χ4v) is 3.43. The van der Waals surface area contributed by atoms with Gasteiger partial charge in [-0.25, -0.2) is 9.18 Å². The number of nitrogens with zero attached hydrogens (tertiary/aromatic N) is 2. The van der Waals surface area contributed by atoms with Crippen LogP contribution in [-0.2, 0) is 9.53 Å². The standard InChI is InChI=1S/C23H25FN2O5/c1-15-4-5-18(13-21(15)30-3)23(29)31-14-22(28)26-10-8-25(9-11-26)20-7-6-17(16(2)27)12-19(20)24/h4-7,12-13H,8-11,14H2,1-3H3. The van der Waals surface area contributed by atoms with Crippen LogP contribution in [0.4, 0.5) is 10.1 Å². The van der Waals surface area contributed by atoms with Crippen molar-refractivity contribution in [1.82, 2.24) is 4.90 Å². The fourth-order valence-electron chi connectivity index (χ4n) is 3.43. The Labute approximate surface area is 180 Å². The lowest BCUT2D eigenvalue weighted by atomic mass is 10.1. The Morgan fingerprint density at radius 1 is 1.00 bits per heavy atom. The average Bonchev–Trinajstić information content (AvgIpc) is 2.77. The number of carbonyl (C=O) groups excluding carboxylic acids is 3. The van der Waals surface area contributed by atoms with Crippen molar-refractivity contribution in [1.29, 1.82) is 0 Å².